The summed E-state index contributed by atoms with van der Waals surface area (Å²) in [4.78, 5) is 48.9. The summed E-state index contributed by atoms with van der Waals surface area (Å²) < 4.78 is 0. The van der Waals surface area contributed by atoms with E-state index in [-0.39, 0.29) is 18.3 Å². The summed E-state index contributed by atoms with van der Waals surface area (Å²) in [5, 5.41) is 14.1. The van der Waals surface area contributed by atoms with E-state index in [2.05, 4.69) is 10.6 Å². The van der Waals surface area contributed by atoms with Crippen LogP contribution in [0.5, 0.6) is 0 Å². The van der Waals surface area contributed by atoms with Crippen LogP contribution in [0.15, 0.2) is 0 Å². The Morgan fingerprint density at radius 2 is 1.43 bits per heavy atom. The standard InChI is InChI=1S/C20H39N5O5/c1-12(2)9-14(11-17(26)25-30)19(28)24-16(10-13(3)4)20(29)23-15(18(22)27)7-5-6-8-21/h12-16,30H,5-11,21H2,1-4H3,(H2,22,27)(H,23,29)(H,24,28)(H,25,26)/t14-,15+,16+/m1/s1. The van der Waals surface area contributed by atoms with Gasteiger partial charge in [0.25, 0.3) is 0 Å². The minimum Gasteiger partial charge on any atom is -0.368 e. The van der Waals surface area contributed by atoms with Gasteiger partial charge in [-0.1, -0.05) is 27.7 Å². The summed E-state index contributed by atoms with van der Waals surface area (Å²) in [7, 11) is 0. The first-order valence-electron chi connectivity index (χ1n) is 10.5. The number of unbranched alkanes of at least 4 members (excludes halogenated alkanes) is 1. The van der Waals surface area contributed by atoms with Gasteiger partial charge in [-0.3, -0.25) is 24.4 Å². The van der Waals surface area contributed by atoms with E-state index in [9.17, 15) is 19.2 Å². The normalized spacial score (nSPS) is 14.1. The third-order valence-corrected chi connectivity index (χ3v) is 4.63. The van der Waals surface area contributed by atoms with Gasteiger partial charge < -0.3 is 22.1 Å². The lowest BCUT2D eigenvalue weighted by Crippen LogP contribution is -2.54. The number of amides is 4. The van der Waals surface area contributed by atoms with Gasteiger partial charge in [0.05, 0.1) is 0 Å². The maximum absolute atomic E-state index is 12.8. The highest BCUT2D eigenvalue weighted by molar-refractivity contribution is 5.93. The molecule has 0 aliphatic rings. The molecule has 4 amide bonds. The minimum atomic E-state index is -0.874. The summed E-state index contributed by atoms with van der Waals surface area (Å²) in [5.41, 5.74) is 12.4. The van der Waals surface area contributed by atoms with E-state index >= 15 is 0 Å². The smallest absolute Gasteiger partial charge is 0.244 e. The first-order chi connectivity index (χ1) is 14.0. The Morgan fingerprint density at radius 3 is 1.90 bits per heavy atom. The monoisotopic (exact) mass is 429 g/mol. The van der Waals surface area contributed by atoms with Crippen molar-refractivity contribution in [3.8, 4) is 0 Å². The van der Waals surface area contributed by atoms with E-state index in [0.29, 0.717) is 38.6 Å². The average Bonchev–Trinajstić information content (AvgIpc) is 2.64. The van der Waals surface area contributed by atoms with E-state index in [1.54, 1.807) is 0 Å². The van der Waals surface area contributed by atoms with E-state index in [1.807, 2.05) is 27.7 Å². The maximum Gasteiger partial charge on any atom is 0.244 e. The SMILES string of the molecule is CC(C)C[C@H](CC(=O)NO)C(=O)N[C@@H](CC(C)C)C(=O)N[C@@H](CCCCN)C(N)=O. The van der Waals surface area contributed by atoms with Crippen LogP contribution in [0.1, 0.15) is 66.2 Å². The van der Waals surface area contributed by atoms with Crippen LogP contribution >= 0.6 is 0 Å². The molecule has 3 atom stereocenters. The average molecular weight is 430 g/mol. The van der Waals surface area contributed by atoms with Gasteiger partial charge >= 0.3 is 0 Å². The number of rotatable bonds is 15. The second kappa shape index (κ2) is 14.7. The number of carbonyl (C=O) groups is 4. The number of nitrogens with two attached hydrogens (primary N) is 2. The Morgan fingerprint density at radius 1 is 0.867 bits per heavy atom. The van der Waals surface area contributed by atoms with Gasteiger partial charge in [0.1, 0.15) is 12.1 Å². The van der Waals surface area contributed by atoms with Crippen molar-refractivity contribution in [1.29, 1.82) is 0 Å². The quantitative estimate of drug-likeness (QED) is 0.123. The van der Waals surface area contributed by atoms with Crippen LogP contribution in [-0.4, -0.2) is 47.5 Å². The zero-order chi connectivity index (χ0) is 23.3. The number of hydrogen-bond acceptors (Lipinski definition) is 6. The number of carbonyl (C=O) groups excluding carboxylic acids is 4. The third-order valence-electron chi connectivity index (χ3n) is 4.63. The zero-order valence-electron chi connectivity index (χ0n) is 18.6. The Kier molecular flexibility index (Phi) is 13.7. The highest BCUT2D eigenvalue weighted by Crippen LogP contribution is 2.17. The van der Waals surface area contributed by atoms with Crippen molar-refractivity contribution in [2.75, 3.05) is 6.54 Å². The van der Waals surface area contributed by atoms with Gasteiger partial charge in [-0.25, -0.2) is 5.48 Å². The molecule has 0 aliphatic carbocycles. The fraction of sp³-hybridized carbons (Fsp3) is 0.800. The number of nitrogens with one attached hydrogen (secondary N) is 3. The predicted molar refractivity (Wildman–Crippen MR) is 113 cm³/mol. The molecule has 0 heterocycles. The molecule has 0 aromatic carbocycles. The molecule has 174 valence electrons. The predicted octanol–water partition coefficient (Wildman–Crippen LogP) is 0.174. The summed E-state index contributed by atoms with van der Waals surface area (Å²) >= 11 is 0. The molecule has 0 radical (unpaired) electrons. The lowest BCUT2D eigenvalue weighted by Gasteiger charge is -2.25. The molecule has 10 heteroatoms. The second-order valence-electron chi connectivity index (χ2n) is 8.50. The van der Waals surface area contributed by atoms with Crippen molar-refractivity contribution < 1.29 is 24.4 Å². The molecular formula is C20H39N5O5. The fourth-order valence-electron chi connectivity index (χ4n) is 3.16. The molecular weight excluding hydrogens is 390 g/mol. The number of hydrogen-bond donors (Lipinski definition) is 6. The zero-order valence-corrected chi connectivity index (χ0v) is 18.6. The van der Waals surface area contributed by atoms with Gasteiger partial charge in [0.2, 0.25) is 23.6 Å². The van der Waals surface area contributed by atoms with Crippen molar-refractivity contribution in [2.45, 2.75) is 78.3 Å². The molecule has 0 aliphatic heterocycles. The van der Waals surface area contributed by atoms with Crippen LogP contribution in [0, 0.1) is 17.8 Å². The summed E-state index contributed by atoms with van der Waals surface area (Å²) in [6.45, 7) is 8.11. The van der Waals surface area contributed by atoms with Gasteiger partial charge in [0.15, 0.2) is 0 Å². The molecule has 30 heavy (non-hydrogen) atoms. The molecule has 0 saturated carbocycles. The largest absolute Gasteiger partial charge is 0.368 e. The van der Waals surface area contributed by atoms with Crippen molar-refractivity contribution >= 4 is 23.6 Å². The fourth-order valence-corrected chi connectivity index (χ4v) is 3.16. The van der Waals surface area contributed by atoms with E-state index in [4.69, 9.17) is 16.7 Å². The van der Waals surface area contributed by atoms with Crippen LogP contribution < -0.4 is 27.6 Å². The molecule has 0 fully saturated rings. The van der Waals surface area contributed by atoms with Crippen molar-refractivity contribution in [3.63, 3.8) is 0 Å². The lowest BCUT2D eigenvalue weighted by molar-refractivity contribution is -0.137. The summed E-state index contributed by atoms with van der Waals surface area (Å²) in [6, 6.07) is -1.72. The van der Waals surface area contributed by atoms with Crippen LogP contribution in [0.25, 0.3) is 0 Å². The molecule has 0 bridgehead atoms. The van der Waals surface area contributed by atoms with Gasteiger partial charge in [-0.2, -0.15) is 0 Å². The second-order valence-corrected chi connectivity index (χ2v) is 8.50. The number of hydroxylamine groups is 1. The highest BCUT2D eigenvalue weighted by Gasteiger charge is 2.30. The Balaban J connectivity index is 5.29. The molecule has 0 aromatic heterocycles. The molecule has 0 unspecified atom stereocenters. The Labute approximate surface area is 178 Å². The molecule has 8 N–H and O–H groups in total. The molecule has 0 spiro atoms. The van der Waals surface area contributed by atoms with Crippen LogP contribution in [0.2, 0.25) is 0 Å². The van der Waals surface area contributed by atoms with Crippen molar-refractivity contribution in [2.24, 2.45) is 29.2 Å². The first kappa shape index (κ1) is 27.8. The first-order valence-corrected chi connectivity index (χ1v) is 10.5. The minimum absolute atomic E-state index is 0.0922. The maximum atomic E-state index is 12.8. The Hall–Kier alpha value is -2.20. The van der Waals surface area contributed by atoms with E-state index in [0.717, 1.165) is 0 Å². The molecule has 10 nitrogen and oxygen atoms in total. The topological polar surface area (TPSA) is 177 Å². The van der Waals surface area contributed by atoms with Gasteiger partial charge in [0, 0.05) is 12.3 Å². The molecule has 0 saturated heterocycles. The number of primary amides is 1. The lowest BCUT2D eigenvalue weighted by atomic mass is 9.92. The molecule has 0 rings (SSSR count). The summed E-state index contributed by atoms with van der Waals surface area (Å²) in [6.07, 6.45) is 2.28. The van der Waals surface area contributed by atoms with E-state index in [1.165, 1.54) is 5.48 Å². The van der Waals surface area contributed by atoms with Gasteiger partial charge in [-0.15, -0.1) is 0 Å². The van der Waals surface area contributed by atoms with Crippen LogP contribution in [0.4, 0.5) is 0 Å². The van der Waals surface area contributed by atoms with Crippen LogP contribution in [0.3, 0.4) is 0 Å². The van der Waals surface area contributed by atoms with E-state index < -0.39 is 41.6 Å². The van der Waals surface area contributed by atoms with Crippen molar-refractivity contribution in [1.82, 2.24) is 16.1 Å². The third kappa shape index (κ3) is 11.7. The van der Waals surface area contributed by atoms with Gasteiger partial charge in [-0.05, 0) is 50.5 Å². The van der Waals surface area contributed by atoms with Crippen LogP contribution in [-0.2, 0) is 19.2 Å². The Bertz CT molecular complexity index is 568. The summed E-state index contributed by atoms with van der Waals surface area (Å²) in [5.74, 6) is -2.74. The van der Waals surface area contributed by atoms with Crippen molar-refractivity contribution in [3.05, 3.63) is 0 Å². The molecule has 0 aromatic rings. The highest BCUT2D eigenvalue weighted by atomic mass is 16.5.